The van der Waals surface area contributed by atoms with E-state index in [1.165, 1.54) is 38.5 Å². The molecule has 1 unspecified atom stereocenters. The van der Waals surface area contributed by atoms with Gasteiger partial charge in [0.2, 0.25) is 0 Å². The highest BCUT2D eigenvalue weighted by Crippen LogP contribution is 2.05. The number of hydrogen-bond donors (Lipinski definition) is 2. The number of ether oxygens (including phenoxy) is 1. The molecule has 0 bridgehead atoms. The van der Waals surface area contributed by atoms with E-state index < -0.39 is 0 Å². The van der Waals surface area contributed by atoms with Gasteiger partial charge in [0.1, 0.15) is 0 Å². The van der Waals surface area contributed by atoms with Gasteiger partial charge in [-0.05, 0) is 32.2 Å². The molecule has 0 aliphatic heterocycles. The molecule has 0 aliphatic carbocycles. The van der Waals surface area contributed by atoms with Gasteiger partial charge in [0.15, 0.2) is 0 Å². The lowest BCUT2D eigenvalue weighted by Gasteiger charge is -2.09. The molecule has 0 aliphatic rings. The zero-order chi connectivity index (χ0) is 12.8. The molecule has 0 spiro atoms. The molecule has 0 rings (SSSR count). The van der Waals surface area contributed by atoms with Gasteiger partial charge in [0.05, 0.1) is 0 Å². The molecule has 0 heterocycles. The highest BCUT2D eigenvalue weighted by atomic mass is 16.5. The van der Waals surface area contributed by atoms with Crippen LogP contribution in [-0.4, -0.2) is 25.8 Å². The summed E-state index contributed by atoms with van der Waals surface area (Å²) in [7, 11) is 0. The molecule has 0 amide bonds. The lowest BCUT2D eigenvalue weighted by molar-refractivity contribution is 0.124. The first-order valence-corrected chi connectivity index (χ1v) is 7.34. The van der Waals surface area contributed by atoms with Gasteiger partial charge in [0, 0.05) is 19.3 Å². The Bertz CT molecular complexity index is 142. The lowest BCUT2D eigenvalue weighted by atomic mass is 10.1. The second-order valence-corrected chi connectivity index (χ2v) is 4.86. The van der Waals surface area contributed by atoms with Crippen LogP contribution in [0.4, 0.5) is 0 Å². The fraction of sp³-hybridized carbons (Fsp3) is 1.00. The molecule has 104 valence electrons. The van der Waals surface area contributed by atoms with Crippen LogP contribution < -0.4 is 11.5 Å². The Labute approximate surface area is 107 Å². The number of hydrogen-bond acceptors (Lipinski definition) is 3. The largest absolute Gasteiger partial charge is 0.381 e. The second kappa shape index (κ2) is 13.9. The normalized spacial score (nSPS) is 12.9. The van der Waals surface area contributed by atoms with Gasteiger partial charge >= 0.3 is 0 Å². The smallest absolute Gasteiger partial charge is 0.0466 e. The average molecular weight is 244 g/mol. The Morgan fingerprint density at radius 1 is 0.882 bits per heavy atom. The van der Waals surface area contributed by atoms with Gasteiger partial charge in [-0.3, -0.25) is 0 Å². The predicted molar refractivity (Wildman–Crippen MR) is 75.1 cm³/mol. The Morgan fingerprint density at radius 2 is 1.53 bits per heavy atom. The van der Waals surface area contributed by atoms with Crippen molar-refractivity contribution in [3.05, 3.63) is 0 Å². The van der Waals surface area contributed by atoms with E-state index in [1.54, 1.807) is 0 Å². The van der Waals surface area contributed by atoms with E-state index in [1.807, 2.05) is 0 Å². The fourth-order valence-electron chi connectivity index (χ4n) is 1.89. The summed E-state index contributed by atoms with van der Waals surface area (Å²) in [5, 5.41) is 0. The maximum Gasteiger partial charge on any atom is 0.0466 e. The standard InChI is InChI=1S/C14H32N2O/c1-2-3-4-5-6-7-12-17-13-8-9-14(16)10-11-15/h14H,2-13,15-16H2,1H3. The zero-order valence-corrected chi connectivity index (χ0v) is 11.6. The minimum Gasteiger partial charge on any atom is -0.381 e. The minimum absolute atomic E-state index is 0.262. The molecule has 3 heteroatoms. The molecule has 0 saturated carbocycles. The van der Waals surface area contributed by atoms with Crippen LogP contribution in [0.3, 0.4) is 0 Å². The molecule has 0 aromatic carbocycles. The van der Waals surface area contributed by atoms with E-state index in [2.05, 4.69) is 6.92 Å². The van der Waals surface area contributed by atoms with Crippen molar-refractivity contribution < 1.29 is 4.74 Å². The maximum absolute atomic E-state index is 5.86. The Morgan fingerprint density at radius 3 is 2.24 bits per heavy atom. The Hall–Kier alpha value is -0.120. The van der Waals surface area contributed by atoms with Crippen molar-refractivity contribution in [1.29, 1.82) is 0 Å². The molecule has 0 saturated heterocycles. The van der Waals surface area contributed by atoms with Gasteiger partial charge in [-0.25, -0.2) is 0 Å². The van der Waals surface area contributed by atoms with Gasteiger partial charge in [-0.15, -0.1) is 0 Å². The van der Waals surface area contributed by atoms with Crippen LogP contribution in [-0.2, 0) is 4.74 Å². The molecule has 1 atom stereocenters. The summed E-state index contributed by atoms with van der Waals surface area (Å²) in [5.41, 5.74) is 11.3. The molecule has 3 nitrogen and oxygen atoms in total. The van der Waals surface area contributed by atoms with E-state index in [0.29, 0.717) is 6.54 Å². The summed E-state index contributed by atoms with van der Waals surface area (Å²) < 4.78 is 5.58. The summed E-state index contributed by atoms with van der Waals surface area (Å²) in [6, 6.07) is 0.262. The van der Waals surface area contributed by atoms with Crippen LogP contribution in [0, 0.1) is 0 Å². The summed E-state index contributed by atoms with van der Waals surface area (Å²) >= 11 is 0. The third-order valence-electron chi connectivity index (χ3n) is 3.04. The van der Waals surface area contributed by atoms with Crippen molar-refractivity contribution in [3.8, 4) is 0 Å². The number of nitrogens with two attached hydrogens (primary N) is 2. The molecule has 17 heavy (non-hydrogen) atoms. The van der Waals surface area contributed by atoms with Crippen molar-refractivity contribution in [2.45, 2.75) is 70.8 Å². The van der Waals surface area contributed by atoms with Crippen LogP contribution in [0.2, 0.25) is 0 Å². The Balaban J connectivity index is 2.98. The van der Waals surface area contributed by atoms with E-state index in [9.17, 15) is 0 Å². The van der Waals surface area contributed by atoms with Crippen LogP contribution in [0.25, 0.3) is 0 Å². The van der Waals surface area contributed by atoms with E-state index >= 15 is 0 Å². The molecule has 0 aromatic rings. The molecule has 4 N–H and O–H groups in total. The van der Waals surface area contributed by atoms with Gasteiger partial charge < -0.3 is 16.2 Å². The number of rotatable bonds is 13. The van der Waals surface area contributed by atoms with Gasteiger partial charge in [0.25, 0.3) is 0 Å². The summed E-state index contributed by atoms with van der Waals surface area (Å²) in [6.45, 7) is 4.71. The van der Waals surface area contributed by atoms with Crippen LogP contribution in [0.1, 0.15) is 64.7 Å². The van der Waals surface area contributed by atoms with Crippen molar-refractivity contribution >= 4 is 0 Å². The zero-order valence-electron chi connectivity index (χ0n) is 11.6. The number of unbranched alkanes of at least 4 members (excludes halogenated alkanes) is 5. The van der Waals surface area contributed by atoms with E-state index in [-0.39, 0.29) is 6.04 Å². The summed E-state index contributed by atoms with van der Waals surface area (Å²) in [5.74, 6) is 0. The van der Waals surface area contributed by atoms with Gasteiger partial charge in [-0.1, -0.05) is 39.0 Å². The third-order valence-corrected chi connectivity index (χ3v) is 3.04. The molecule has 0 fully saturated rings. The highest BCUT2D eigenvalue weighted by molar-refractivity contribution is 4.60. The Kier molecular flexibility index (Phi) is 13.8. The molecule has 0 aromatic heterocycles. The van der Waals surface area contributed by atoms with Crippen molar-refractivity contribution in [1.82, 2.24) is 0 Å². The maximum atomic E-state index is 5.86. The van der Waals surface area contributed by atoms with Crippen molar-refractivity contribution in [2.24, 2.45) is 11.5 Å². The first-order chi connectivity index (χ1) is 8.31. The van der Waals surface area contributed by atoms with Crippen LogP contribution in [0.5, 0.6) is 0 Å². The SMILES string of the molecule is CCCCCCCCOCCCC(N)CCN. The quantitative estimate of drug-likeness (QED) is 0.490. The second-order valence-electron chi connectivity index (χ2n) is 4.86. The summed E-state index contributed by atoms with van der Waals surface area (Å²) in [4.78, 5) is 0. The first kappa shape index (κ1) is 16.9. The van der Waals surface area contributed by atoms with E-state index in [4.69, 9.17) is 16.2 Å². The monoisotopic (exact) mass is 244 g/mol. The van der Waals surface area contributed by atoms with Gasteiger partial charge in [-0.2, -0.15) is 0 Å². The fourth-order valence-corrected chi connectivity index (χ4v) is 1.89. The van der Waals surface area contributed by atoms with Crippen LogP contribution in [0.15, 0.2) is 0 Å². The molecule has 0 radical (unpaired) electrons. The third kappa shape index (κ3) is 13.8. The van der Waals surface area contributed by atoms with Crippen molar-refractivity contribution in [3.63, 3.8) is 0 Å². The van der Waals surface area contributed by atoms with Crippen molar-refractivity contribution in [2.75, 3.05) is 19.8 Å². The highest BCUT2D eigenvalue weighted by Gasteiger charge is 2.00. The predicted octanol–water partition coefficient (Wildman–Crippen LogP) is 2.82. The topological polar surface area (TPSA) is 61.3 Å². The van der Waals surface area contributed by atoms with Crippen LogP contribution >= 0.6 is 0 Å². The minimum atomic E-state index is 0.262. The summed E-state index contributed by atoms with van der Waals surface area (Å²) in [6.07, 6.45) is 11.0. The lowest BCUT2D eigenvalue weighted by Crippen LogP contribution is -2.23. The van der Waals surface area contributed by atoms with E-state index in [0.717, 1.165) is 32.5 Å². The molecular weight excluding hydrogens is 212 g/mol. The molecular formula is C14H32N2O. The average Bonchev–Trinajstić information content (AvgIpc) is 2.32. The first-order valence-electron chi connectivity index (χ1n) is 7.34.